The molecule has 0 fully saturated rings. The monoisotopic (exact) mass is 439 g/mol. The standard InChI is InChI=1S/C25H30ClN3S/c1-6-20-8-12-23(13-9-20)29(30-25-17(3)15-27-19(25)5)16-18(4)28-24-14-22(26)11-10-21(24)7-2/h8-14,28H,4,6-7,15-16H2,1-3,5H3. The van der Waals surface area contributed by atoms with Crippen molar-refractivity contribution in [1.29, 1.82) is 0 Å². The van der Waals surface area contributed by atoms with Crippen molar-refractivity contribution in [3.63, 3.8) is 0 Å². The number of hydrogen-bond donors (Lipinski definition) is 1. The van der Waals surface area contributed by atoms with E-state index >= 15 is 0 Å². The van der Waals surface area contributed by atoms with Gasteiger partial charge in [-0.25, -0.2) is 0 Å². The molecule has 2 aromatic rings. The quantitative estimate of drug-likeness (QED) is 0.415. The van der Waals surface area contributed by atoms with Crippen LogP contribution < -0.4 is 9.62 Å². The van der Waals surface area contributed by atoms with Gasteiger partial charge < -0.3 is 9.62 Å². The number of hydrogen-bond acceptors (Lipinski definition) is 4. The summed E-state index contributed by atoms with van der Waals surface area (Å²) in [6.07, 6.45) is 1.97. The molecule has 3 nitrogen and oxygen atoms in total. The minimum Gasteiger partial charge on any atom is -0.358 e. The Morgan fingerprint density at radius 2 is 1.87 bits per heavy atom. The Morgan fingerprint density at radius 3 is 2.47 bits per heavy atom. The summed E-state index contributed by atoms with van der Waals surface area (Å²) in [5.74, 6) is 0. The lowest BCUT2D eigenvalue weighted by atomic mass is 10.1. The molecular weight excluding hydrogens is 410 g/mol. The summed E-state index contributed by atoms with van der Waals surface area (Å²) in [5, 5.41) is 4.22. The number of rotatable bonds is 9. The summed E-state index contributed by atoms with van der Waals surface area (Å²) < 4.78 is 2.29. The second-order valence-corrected chi connectivity index (χ2v) is 9.01. The van der Waals surface area contributed by atoms with E-state index in [4.69, 9.17) is 11.6 Å². The molecule has 2 aromatic carbocycles. The van der Waals surface area contributed by atoms with Crippen molar-refractivity contribution in [2.75, 3.05) is 22.7 Å². The summed E-state index contributed by atoms with van der Waals surface area (Å²) in [7, 11) is 0. The molecule has 0 saturated heterocycles. The van der Waals surface area contributed by atoms with Gasteiger partial charge in [-0.2, -0.15) is 0 Å². The number of nitrogens with zero attached hydrogens (tertiary/aromatic N) is 2. The molecule has 0 aromatic heterocycles. The van der Waals surface area contributed by atoms with Crippen molar-refractivity contribution >= 4 is 40.6 Å². The zero-order valence-corrected chi connectivity index (χ0v) is 19.8. The third-order valence-electron chi connectivity index (χ3n) is 5.20. The van der Waals surface area contributed by atoms with Crippen LogP contribution in [0, 0.1) is 0 Å². The molecule has 5 heteroatoms. The van der Waals surface area contributed by atoms with E-state index in [1.54, 1.807) is 11.9 Å². The van der Waals surface area contributed by atoms with Gasteiger partial charge in [-0.1, -0.05) is 50.2 Å². The highest BCUT2D eigenvalue weighted by Gasteiger charge is 2.19. The topological polar surface area (TPSA) is 27.6 Å². The van der Waals surface area contributed by atoms with E-state index in [1.165, 1.54) is 21.6 Å². The Bertz CT molecular complexity index is 976. The molecule has 30 heavy (non-hydrogen) atoms. The summed E-state index contributed by atoms with van der Waals surface area (Å²) in [6.45, 7) is 14.3. The molecule has 1 aliphatic heterocycles. The van der Waals surface area contributed by atoms with Gasteiger partial charge in [0, 0.05) is 27.8 Å². The van der Waals surface area contributed by atoms with Gasteiger partial charge in [-0.05, 0) is 79.6 Å². The second kappa shape index (κ2) is 10.2. The fourth-order valence-electron chi connectivity index (χ4n) is 3.39. The fraction of sp³-hybridized carbons (Fsp3) is 0.320. The van der Waals surface area contributed by atoms with Gasteiger partial charge in [0.2, 0.25) is 0 Å². The zero-order valence-electron chi connectivity index (χ0n) is 18.3. The molecule has 1 N–H and O–H groups in total. The number of aliphatic imine (C=N–C) groups is 1. The minimum absolute atomic E-state index is 0.663. The predicted octanol–water partition coefficient (Wildman–Crippen LogP) is 7.29. The van der Waals surface area contributed by atoms with E-state index in [2.05, 4.69) is 79.2 Å². The van der Waals surface area contributed by atoms with Gasteiger partial charge in [0.1, 0.15) is 0 Å². The van der Waals surface area contributed by atoms with Crippen LogP contribution in [-0.4, -0.2) is 18.8 Å². The average Bonchev–Trinajstić information content (AvgIpc) is 3.05. The van der Waals surface area contributed by atoms with Gasteiger partial charge in [0.05, 0.1) is 18.0 Å². The number of benzene rings is 2. The zero-order chi connectivity index (χ0) is 21.7. The first kappa shape index (κ1) is 22.5. The van der Waals surface area contributed by atoms with Crippen LogP contribution in [0.4, 0.5) is 11.4 Å². The van der Waals surface area contributed by atoms with Crippen LogP contribution in [0.25, 0.3) is 0 Å². The molecule has 0 aliphatic carbocycles. The predicted molar refractivity (Wildman–Crippen MR) is 135 cm³/mol. The maximum absolute atomic E-state index is 6.23. The lowest BCUT2D eigenvalue weighted by Gasteiger charge is -2.26. The van der Waals surface area contributed by atoms with Crippen LogP contribution in [0.1, 0.15) is 38.8 Å². The molecular formula is C25H30ClN3S. The van der Waals surface area contributed by atoms with E-state index in [0.29, 0.717) is 6.54 Å². The van der Waals surface area contributed by atoms with Crippen LogP contribution in [0.15, 0.2) is 70.2 Å². The van der Waals surface area contributed by atoms with Crippen molar-refractivity contribution in [2.24, 2.45) is 4.99 Å². The van der Waals surface area contributed by atoms with Crippen molar-refractivity contribution in [3.8, 4) is 0 Å². The smallest absolute Gasteiger partial charge is 0.0693 e. The highest BCUT2D eigenvalue weighted by Crippen LogP contribution is 2.34. The Hall–Kier alpha value is -2.17. The molecule has 0 radical (unpaired) electrons. The van der Waals surface area contributed by atoms with Gasteiger partial charge in [0.15, 0.2) is 0 Å². The molecule has 0 amide bonds. The van der Waals surface area contributed by atoms with Crippen molar-refractivity contribution in [1.82, 2.24) is 0 Å². The Morgan fingerprint density at radius 1 is 1.13 bits per heavy atom. The summed E-state index contributed by atoms with van der Waals surface area (Å²) in [4.78, 5) is 5.84. The Balaban J connectivity index is 1.83. The highest BCUT2D eigenvalue weighted by molar-refractivity contribution is 8.05. The molecule has 158 valence electrons. The first-order chi connectivity index (χ1) is 14.4. The van der Waals surface area contributed by atoms with Gasteiger partial charge in [0.25, 0.3) is 0 Å². The van der Waals surface area contributed by atoms with Gasteiger partial charge in [-0.15, -0.1) is 0 Å². The number of allylic oxidation sites excluding steroid dienone is 1. The Labute approximate surface area is 190 Å². The normalized spacial score (nSPS) is 13.4. The van der Waals surface area contributed by atoms with Crippen LogP contribution >= 0.6 is 23.5 Å². The molecule has 0 bridgehead atoms. The average molecular weight is 440 g/mol. The number of halogens is 1. The van der Waals surface area contributed by atoms with E-state index < -0.39 is 0 Å². The second-order valence-electron chi connectivity index (χ2n) is 7.54. The van der Waals surface area contributed by atoms with E-state index in [1.807, 2.05) is 12.1 Å². The maximum Gasteiger partial charge on any atom is 0.0693 e. The van der Waals surface area contributed by atoms with E-state index in [-0.39, 0.29) is 0 Å². The van der Waals surface area contributed by atoms with Crippen LogP contribution in [0.5, 0.6) is 0 Å². The summed E-state index contributed by atoms with van der Waals surface area (Å²) >= 11 is 7.97. The molecule has 0 spiro atoms. The number of nitrogens with one attached hydrogen (secondary N) is 1. The van der Waals surface area contributed by atoms with Gasteiger partial charge in [-0.3, -0.25) is 4.99 Å². The number of anilines is 2. The SMILES string of the molecule is C=C(CN(SC1=C(C)CN=C1C)c1ccc(CC)cc1)Nc1cc(Cl)ccc1CC. The summed E-state index contributed by atoms with van der Waals surface area (Å²) in [5.41, 5.74) is 8.08. The number of aryl methyl sites for hydroxylation is 2. The minimum atomic E-state index is 0.663. The Kier molecular flexibility index (Phi) is 7.68. The van der Waals surface area contributed by atoms with E-state index in [9.17, 15) is 0 Å². The summed E-state index contributed by atoms with van der Waals surface area (Å²) in [6, 6.07) is 14.7. The molecule has 0 atom stereocenters. The molecule has 1 aliphatic rings. The third kappa shape index (κ3) is 5.50. The van der Waals surface area contributed by atoms with Crippen LogP contribution in [0.3, 0.4) is 0 Å². The fourth-order valence-corrected chi connectivity index (χ4v) is 4.65. The lowest BCUT2D eigenvalue weighted by Crippen LogP contribution is -2.22. The van der Waals surface area contributed by atoms with Crippen molar-refractivity contribution < 1.29 is 0 Å². The molecule has 0 saturated carbocycles. The molecule has 3 rings (SSSR count). The van der Waals surface area contributed by atoms with Crippen LogP contribution in [0.2, 0.25) is 5.02 Å². The van der Waals surface area contributed by atoms with Crippen molar-refractivity contribution in [2.45, 2.75) is 40.5 Å². The van der Waals surface area contributed by atoms with Crippen molar-refractivity contribution in [3.05, 3.63) is 81.4 Å². The van der Waals surface area contributed by atoms with Gasteiger partial charge >= 0.3 is 0 Å². The maximum atomic E-state index is 6.23. The molecule has 0 unspecified atom stereocenters. The first-order valence-corrected chi connectivity index (χ1v) is 11.5. The van der Waals surface area contributed by atoms with Crippen LogP contribution in [-0.2, 0) is 12.8 Å². The van der Waals surface area contributed by atoms with E-state index in [0.717, 1.165) is 47.2 Å². The highest BCUT2D eigenvalue weighted by atomic mass is 35.5. The largest absolute Gasteiger partial charge is 0.358 e. The lowest BCUT2D eigenvalue weighted by molar-refractivity contribution is 1.10. The first-order valence-electron chi connectivity index (χ1n) is 10.4. The molecule has 1 heterocycles. The third-order valence-corrected chi connectivity index (χ3v) is 6.82.